The SMILES string of the molecule is CC(=O)NC(Cc1ccc(O)cc1)C(=O)NC(C(=O)N1CCCC1C(=O)NC(CC(=O)O)C(=O)COCc1c(Cl)cccc1Cl)C(C)C. The summed E-state index contributed by atoms with van der Waals surface area (Å²) in [7, 11) is 0. The van der Waals surface area contributed by atoms with Gasteiger partial charge in [0.1, 0.15) is 36.5 Å². The number of Topliss-reactive ketones (excluding diaryl/α,β-unsaturated/α-hetero) is 1. The maximum Gasteiger partial charge on any atom is 0.305 e. The van der Waals surface area contributed by atoms with E-state index in [2.05, 4.69) is 16.0 Å². The summed E-state index contributed by atoms with van der Waals surface area (Å²) in [5.41, 5.74) is 1.11. The van der Waals surface area contributed by atoms with Crippen LogP contribution in [0.5, 0.6) is 5.75 Å². The summed E-state index contributed by atoms with van der Waals surface area (Å²) < 4.78 is 5.45. The molecule has 3 rings (SSSR count). The molecule has 0 aromatic heterocycles. The molecule has 48 heavy (non-hydrogen) atoms. The number of amides is 4. The van der Waals surface area contributed by atoms with E-state index in [4.69, 9.17) is 27.9 Å². The zero-order chi connectivity index (χ0) is 35.5. The number of phenolic OH excluding ortho intramolecular Hbond substituents is 1. The Morgan fingerprint density at radius 3 is 2.19 bits per heavy atom. The first-order valence-corrected chi connectivity index (χ1v) is 16.1. The van der Waals surface area contributed by atoms with E-state index in [0.717, 1.165) is 0 Å². The highest BCUT2D eigenvalue weighted by molar-refractivity contribution is 6.35. The predicted molar refractivity (Wildman–Crippen MR) is 176 cm³/mol. The number of phenols is 1. The Morgan fingerprint density at radius 1 is 0.958 bits per heavy atom. The van der Waals surface area contributed by atoms with E-state index in [1.165, 1.54) is 24.0 Å². The molecule has 4 unspecified atom stereocenters. The third kappa shape index (κ3) is 10.9. The molecule has 13 nitrogen and oxygen atoms in total. The average Bonchev–Trinajstić information content (AvgIpc) is 3.51. The zero-order valence-corrected chi connectivity index (χ0v) is 28.3. The second-order valence-corrected chi connectivity index (χ2v) is 12.7. The van der Waals surface area contributed by atoms with Gasteiger partial charge in [-0.3, -0.25) is 28.8 Å². The van der Waals surface area contributed by atoms with Crippen molar-refractivity contribution in [2.24, 2.45) is 5.92 Å². The lowest BCUT2D eigenvalue weighted by molar-refractivity contribution is -0.144. The topological polar surface area (TPSA) is 191 Å². The minimum atomic E-state index is -1.44. The van der Waals surface area contributed by atoms with Gasteiger partial charge in [0.05, 0.1) is 13.0 Å². The first kappa shape index (κ1) is 38.2. The van der Waals surface area contributed by atoms with Gasteiger partial charge in [-0.15, -0.1) is 0 Å². The van der Waals surface area contributed by atoms with E-state index in [9.17, 15) is 39.0 Å². The fourth-order valence-electron chi connectivity index (χ4n) is 5.28. The van der Waals surface area contributed by atoms with Crippen LogP contribution in [-0.4, -0.2) is 87.8 Å². The van der Waals surface area contributed by atoms with Crippen molar-refractivity contribution >= 4 is 58.6 Å². The third-order valence-corrected chi connectivity index (χ3v) is 8.48. The summed E-state index contributed by atoms with van der Waals surface area (Å²) in [6, 6.07) is 6.42. The summed E-state index contributed by atoms with van der Waals surface area (Å²) in [5, 5.41) is 27.5. The fourth-order valence-corrected chi connectivity index (χ4v) is 5.79. The zero-order valence-electron chi connectivity index (χ0n) is 26.8. The van der Waals surface area contributed by atoms with E-state index in [1.807, 2.05) is 0 Å². The number of benzene rings is 2. The number of nitrogens with zero attached hydrogens (tertiary/aromatic N) is 1. The van der Waals surface area contributed by atoms with Crippen LogP contribution < -0.4 is 16.0 Å². The van der Waals surface area contributed by atoms with Crippen LogP contribution in [0.4, 0.5) is 0 Å². The van der Waals surface area contributed by atoms with E-state index >= 15 is 0 Å². The molecule has 1 aliphatic rings. The molecule has 1 saturated heterocycles. The second-order valence-electron chi connectivity index (χ2n) is 11.9. The number of aromatic hydroxyl groups is 1. The van der Waals surface area contributed by atoms with E-state index < -0.39 is 78.5 Å². The van der Waals surface area contributed by atoms with Crippen LogP contribution in [0.2, 0.25) is 10.0 Å². The smallest absolute Gasteiger partial charge is 0.305 e. The van der Waals surface area contributed by atoms with Crippen LogP contribution >= 0.6 is 23.2 Å². The number of carboxylic acids is 1. The number of likely N-dealkylation sites (tertiary alicyclic amines) is 1. The summed E-state index contributed by atoms with van der Waals surface area (Å²) in [5.74, 6) is -4.73. The van der Waals surface area contributed by atoms with Gasteiger partial charge >= 0.3 is 5.97 Å². The molecule has 15 heteroatoms. The fraction of sp³-hybridized carbons (Fsp3) is 0.455. The standard InChI is InChI=1S/C33H40Cl2N4O9/c1-18(2)30(38-31(45)26(36-19(3)40)14-20-9-11-21(41)12-10-20)33(47)39-13-5-8-27(39)32(46)37-25(15-29(43)44)28(42)17-48-16-22-23(34)6-4-7-24(22)35/h4,6-7,9-12,18,25-27,30,41H,5,8,13-17H2,1-3H3,(H,36,40)(H,37,46)(H,38,45)(H,43,44). The van der Waals surface area contributed by atoms with Crippen molar-refractivity contribution in [3.8, 4) is 5.75 Å². The molecule has 0 spiro atoms. The molecule has 1 fully saturated rings. The van der Waals surface area contributed by atoms with E-state index in [0.29, 0.717) is 27.6 Å². The number of nitrogens with one attached hydrogen (secondary N) is 3. The Labute approximate surface area is 288 Å². The van der Waals surface area contributed by atoms with Crippen LogP contribution in [0, 0.1) is 5.92 Å². The first-order valence-electron chi connectivity index (χ1n) is 15.4. The van der Waals surface area contributed by atoms with Gasteiger partial charge in [-0.25, -0.2) is 0 Å². The molecule has 2 aromatic rings. The largest absolute Gasteiger partial charge is 0.508 e. The van der Waals surface area contributed by atoms with Crippen LogP contribution in [0.15, 0.2) is 42.5 Å². The summed E-state index contributed by atoms with van der Waals surface area (Å²) in [6.07, 6.45) is 0.0870. The van der Waals surface area contributed by atoms with E-state index in [1.54, 1.807) is 44.2 Å². The van der Waals surface area contributed by atoms with Crippen molar-refractivity contribution in [2.75, 3.05) is 13.2 Å². The molecular formula is C33H40Cl2N4O9. The van der Waals surface area contributed by atoms with Gasteiger partial charge < -0.3 is 35.8 Å². The monoisotopic (exact) mass is 706 g/mol. The third-order valence-electron chi connectivity index (χ3n) is 7.78. The Balaban J connectivity index is 1.69. The Bertz CT molecular complexity index is 1480. The van der Waals surface area contributed by atoms with Gasteiger partial charge in [-0.1, -0.05) is 55.2 Å². The van der Waals surface area contributed by atoms with Gasteiger partial charge in [0.25, 0.3) is 0 Å². The van der Waals surface area contributed by atoms with Gasteiger partial charge in [0.2, 0.25) is 23.6 Å². The Kier molecular flexibility index (Phi) is 14.2. The number of carbonyl (C=O) groups is 6. The average molecular weight is 708 g/mol. The van der Waals surface area contributed by atoms with Gasteiger partial charge in [0.15, 0.2) is 5.78 Å². The minimum Gasteiger partial charge on any atom is -0.508 e. The number of rotatable bonds is 16. The Hall–Kier alpha value is -4.20. The normalized spacial score (nSPS) is 16.1. The lowest BCUT2D eigenvalue weighted by Gasteiger charge is -2.32. The van der Waals surface area contributed by atoms with Crippen molar-refractivity contribution < 1.29 is 43.7 Å². The molecule has 0 bridgehead atoms. The minimum absolute atomic E-state index is 0.0414. The van der Waals surface area contributed by atoms with Crippen LogP contribution in [-0.2, 0) is 46.5 Å². The molecule has 1 aliphatic heterocycles. The summed E-state index contributed by atoms with van der Waals surface area (Å²) in [6.45, 7) is 4.24. The van der Waals surface area contributed by atoms with Crippen molar-refractivity contribution in [1.29, 1.82) is 0 Å². The molecule has 4 atom stereocenters. The van der Waals surface area contributed by atoms with E-state index in [-0.39, 0.29) is 31.7 Å². The molecule has 4 amide bonds. The molecule has 260 valence electrons. The number of halogens is 2. The number of ether oxygens (including phenoxy) is 1. The number of aliphatic carboxylic acids is 1. The number of hydrogen-bond acceptors (Lipinski definition) is 8. The maximum atomic E-state index is 13.8. The highest BCUT2D eigenvalue weighted by Crippen LogP contribution is 2.25. The molecule has 0 aliphatic carbocycles. The number of carboxylic acid groups (broad SMARTS) is 1. The van der Waals surface area contributed by atoms with Crippen LogP contribution in [0.3, 0.4) is 0 Å². The van der Waals surface area contributed by atoms with Gasteiger partial charge in [-0.2, -0.15) is 0 Å². The molecule has 2 aromatic carbocycles. The van der Waals surface area contributed by atoms with Crippen molar-refractivity contribution in [3.05, 3.63) is 63.6 Å². The molecule has 5 N–H and O–H groups in total. The second kappa shape index (κ2) is 17.8. The Morgan fingerprint density at radius 2 is 1.60 bits per heavy atom. The van der Waals surface area contributed by atoms with Crippen molar-refractivity contribution in [1.82, 2.24) is 20.9 Å². The van der Waals surface area contributed by atoms with Crippen LogP contribution in [0.25, 0.3) is 0 Å². The number of hydrogen-bond donors (Lipinski definition) is 5. The molecule has 0 saturated carbocycles. The first-order chi connectivity index (χ1) is 22.7. The number of carbonyl (C=O) groups excluding carboxylic acids is 5. The van der Waals surface area contributed by atoms with Crippen LogP contribution in [0.1, 0.15) is 51.2 Å². The van der Waals surface area contributed by atoms with Crippen molar-refractivity contribution in [3.63, 3.8) is 0 Å². The highest BCUT2D eigenvalue weighted by atomic mass is 35.5. The van der Waals surface area contributed by atoms with Gasteiger partial charge in [-0.05, 0) is 48.6 Å². The maximum absolute atomic E-state index is 13.8. The van der Waals surface area contributed by atoms with Gasteiger partial charge in [0, 0.05) is 35.5 Å². The lowest BCUT2D eigenvalue weighted by Crippen LogP contribution is -2.59. The predicted octanol–water partition coefficient (Wildman–Crippen LogP) is 2.62. The number of ketones is 1. The summed E-state index contributed by atoms with van der Waals surface area (Å²) >= 11 is 12.3. The highest BCUT2D eigenvalue weighted by Gasteiger charge is 2.40. The summed E-state index contributed by atoms with van der Waals surface area (Å²) in [4.78, 5) is 78.4. The molecule has 1 heterocycles. The van der Waals surface area contributed by atoms with Crippen molar-refractivity contribution in [2.45, 2.75) is 77.2 Å². The lowest BCUT2D eigenvalue weighted by atomic mass is 10.00. The quantitative estimate of drug-likeness (QED) is 0.175. The molecular weight excluding hydrogens is 667 g/mol. The molecule has 0 radical (unpaired) electrons.